The van der Waals surface area contributed by atoms with E-state index in [4.69, 9.17) is 23.2 Å². The molecule has 0 heterocycles. The molecule has 2 nitrogen and oxygen atoms in total. The van der Waals surface area contributed by atoms with Crippen molar-refractivity contribution in [2.75, 3.05) is 0 Å². The quantitative estimate of drug-likeness (QED) is 0.728. The van der Waals surface area contributed by atoms with Crippen molar-refractivity contribution in [1.29, 1.82) is 0 Å². The standard InChI is InChI=1S/C14H7Cl2F3O2/c15-9-5-8(6-10(16)7-9)13(20)11-3-1-2-4-12(11)21-14(17,18)19/h1-7H. The number of ketones is 1. The Morgan fingerprint density at radius 2 is 1.57 bits per heavy atom. The van der Waals surface area contributed by atoms with Gasteiger partial charge in [-0.05, 0) is 30.3 Å². The minimum Gasteiger partial charge on any atom is -0.405 e. The number of alkyl halides is 3. The van der Waals surface area contributed by atoms with Gasteiger partial charge in [0.25, 0.3) is 0 Å². The van der Waals surface area contributed by atoms with E-state index >= 15 is 0 Å². The molecule has 0 amide bonds. The second-order valence-corrected chi connectivity index (χ2v) is 4.90. The number of ether oxygens (including phenoxy) is 1. The van der Waals surface area contributed by atoms with Crippen molar-refractivity contribution in [2.45, 2.75) is 6.36 Å². The lowest BCUT2D eigenvalue weighted by molar-refractivity contribution is -0.274. The van der Waals surface area contributed by atoms with Gasteiger partial charge in [0.05, 0.1) is 5.56 Å². The molecule has 0 aliphatic carbocycles. The fourth-order valence-electron chi connectivity index (χ4n) is 1.71. The highest BCUT2D eigenvalue weighted by Gasteiger charge is 2.33. The third kappa shape index (κ3) is 4.12. The average Bonchev–Trinajstić information content (AvgIpc) is 2.35. The van der Waals surface area contributed by atoms with Crippen molar-refractivity contribution in [1.82, 2.24) is 0 Å². The summed E-state index contributed by atoms with van der Waals surface area (Å²) in [5.74, 6) is -1.25. The molecule has 0 aliphatic rings. The van der Waals surface area contributed by atoms with E-state index in [2.05, 4.69) is 4.74 Å². The number of carbonyl (C=O) groups is 1. The van der Waals surface area contributed by atoms with Crippen molar-refractivity contribution in [3.63, 3.8) is 0 Å². The van der Waals surface area contributed by atoms with Crippen LogP contribution in [0.15, 0.2) is 42.5 Å². The minimum absolute atomic E-state index is 0.0747. The van der Waals surface area contributed by atoms with Gasteiger partial charge in [-0.2, -0.15) is 0 Å². The molecule has 0 spiro atoms. The second-order valence-electron chi connectivity index (χ2n) is 4.03. The Morgan fingerprint density at radius 3 is 2.14 bits per heavy atom. The Labute approximate surface area is 128 Å². The van der Waals surface area contributed by atoms with Gasteiger partial charge < -0.3 is 4.74 Å². The Bertz CT molecular complexity index is 664. The summed E-state index contributed by atoms with van der Waals surface area (Å²) < 4.78 is 40.9. The normalized spacial score (nSPS) is 11.3. The number of hydrogen-bond donors (Lipinski definition) is 0. The van der Waals surface area contributed by atoms with Crippen molar-refractivity contribution in [3.8, 4) is 5.75 Å². The molecule has 0 N–H and O–H groups in total. The van der Waals surface area contributed by atoms with Crippen LogP contribution in [0.1, 0.15) is 15.9 Å². The molecule has 21 heavy (non-hydrogen) atoms. The van der Waals surface area contributed by atoms with E-state index in [-0.39, 0.29) is 21.2 Å². The maximum absolute atomic E-state index is 12.3. The van der Waals surface area contributed by atoms with Gasteiger partial charge in [0.1, 0.15) is 5.75 Å². The average molecular weight is 335 g/mol. The summed E-state index contributed by atoms with van der Waals surface area (Å²) in [5.41, 5.74) is -0.154. The first-order valence-corrected chi connectivity index (χ1v) is 6.37. The predicted molar refractivity (Wildman–Crippen MR) is 73.0 cm³/mol. The van der Waals surface area contributed by atoms with Crippen LogP contribution in [0.25, 0.3) is 0 Å². The summed E-state index contributed by atoms with van der Waals surface area (Å²) in [6.07, 6.45) is -4.89. The lowest BCUT2D eigenvalue weighted by atomic mass is 10.0. The van der Waals surface area contributed by atoms with Crippen LogP contribution in [0, 0.1) is 0 Å². The zero-order valence-corrected chi connectivity index (χ0v) is 11.8. The monoisotopic (exact) mass is 334 g/mol. The van der Waals surface area contributed by atoms with Gasteiger partial charge in [-0.1, -0.05) is 35.3 Å². The summed E-state index contributed by atoms with van der Waals surface area (Å²) in [4.78, 5) is 12.3. The molecular weight excluding hydrogens is 328 g/mol. The van der Waals surface area contributed by atoms with Gasteiger partial charge in [0, 0.05) is 15.6 Å². The Hall–Kier alpha value is -1.72. The van der Waals surface area contributed by atoms with E-state index in [9.17, 15) is 18.0 Å². The molecular formula is C14H7Cl2F3O2. The van der Waals surface area contributed by atoms with Gasteiger partial charge in [-0.25, -0.2) is 0 Å². The molecule has 2 rings (SSSR count). The zero-order valence-electron chi connectivity index (χ0n) is 10.2. The Kier molecular flexibility index (Phi) is 4.44. The van der Waals surface area contributed by atoms with Crippen LogP contribution in [0.3, 0.4) is 0 Å². The van der Waals surface area contributed by atoms with Crippen LogP contribution in [0.2, 0.25) is 10.0 Å². The van der Waals surface area contributed by atoms with Crippen LogP contribution in [-0.2, 0) is 0 Å². The fraction of sp³-hybridized carbons (Fsp3) is 0.0714. The molecule has 2 aromatic rings. The van der Waals surface area contributed by atoms with Gasteiger partial charge >= 0.3 is 6.36 Å². The first-order valence-electron chi connectivity index (χ1n) is 5.62. The number of para-hydroxylation sites is 1. The highest BCUT2D eigenvalue weighted by molar-refractivity contribution is 6.35. The lowest BCUT2D eigenvalue weighted by Gasteiger charge is -2.12. The molecule has 7 heteroatoms. The van der Waals surface area contributed by atoms with E-state index in [0.717, 1.165) is 6.07 Å². The van der Waals surface area contributed by atoms with Crippen LogP contribution in [0.4, 0.5) is 13.2 Å². The Morgan fingerprint density at radius 1 is 1.00 bits per heavy atom. The lowest BCUT2D eigenvalue weighted by Crippen LogP contribution is -2.19. The maximum Gasteiger partial charge on any atom is 0.573 e. The van der Waals surface area contributed by atoms with E-state index in [1.807, 2.05) is 0 Å². The van der Waals surface area contributed by atoms with Gasteiger partial charge in [-0.15, -0.1) is 13.2 Å². The first kappa shape index (κ1) is 15.7. The van der Waals surface area contributed by atoms with Crippen molar-refractivity contribution < 1.29 is 22.7 Å². The van der Waals surface area contributed by atoms with Crippen molar-refractivity contribution in [2.24, 2.45) is 0 Å². The van der Waals surface area contributed by atoms with Crippen molar-refractivity contribution in [3.05, 3.63) is 63.6 Å². The SMILES string of the molecule is O=C(c1cc(Cl)cc(Cl)c1)c1ccccc1OC(F)(F)F. The number of hydrogen-bond acceptors (Lipinski definition) is 2. The minimum atomic E-state index is -4.89. The van der Waals surface area contributed by atoms with Gasteiger partial charge in [0.2, 0.25) is 0 Å². The van der Waals surface area contributed by atoms with E-state index in [1.54, 1.807) is 0 Å². The topological polar surface area (TPSA) is 26.3 Å². The number of rotatable bonds is 3. The van der Waals surface area contributed by atoms with Crippen LogP contribution in [-0.4, -0.2) is 12.1 Å². The molecule has 0 aliphatic heterocycles. The molecule has 110 valence electrons. The maximum atomic E-state index is 12.3. The molecule has 0 atom stereocenters. The molecule has 2 aromatic carbocycles. The molecule has 0 saturated carbocycles. The summed E-state index contributed by atoms with van der Waals surface area (Å²) in [7, 11) is 0. The summed E-state index contributed by atoms with van der Waals surface area (Å²) in [5, 5.41) is 0.417. The highest BCUT2D eigenvalue weighted by Crippen LogP contribution is 2.29. The Balaban J connectivity index is 2.44. The predicted octanol–water partition coefficient (Wildman–Crippen LogP) is 5.12. The molecule has 0 saturated heterocycles. The summed E-state index contributed by atoms with van der Waals surface area (Å²) in [6.45, 7) is 0. The van der Waals surface area contributed by atoms with Gasteiger partial charge in [-0.3, -0.25) is 4.79 Å². The fourth-order valence-corrected chi connectivity index (χ4v) is 2.23. The molecule has 0 aromatic heterocycles. The van der Waals surface area contributed by atoms with E-state index in [1.165, 1.54) is 36.4 Å². The first-order chi connectivity index (χ1) is 9.76. The second kappa shape index (κ2) is 5.95. The molecule has 0 fully saturated rings. The highest BCUT2D eigenvalue weighted by atomic mass is 35.5. The molecule has 0 unspecified atom stereocenters. The third-order valence-corrected chi connectivity index (χ3v) is 2.92. The molecule has 0 bridgehead atoms. The van der Waals surface area contributed by atoms with Crippen LogP contribution in [0.5, 0.6) is 5.75 Å². The number of benzene rings is 2. The summed E-state index contributed by atoms with van der Waals surface area (Å²) >= 11 is 11.6. The number of carbonyl (C=O) groups excluding carboxylic acids is 1. The smallest absolute Gasteiger partial charge is 0.405 e. The number of halogens is 5. The van der Waals surface area contributed by atoms with Crippen molar-refractivity contribution >= 4 is 29.0 Å². The summed E-state index contributed by atoms with van der Waals surface area (Å²) in [6, 6.07) is 9.12. The van der Waals surface area contributed by atoms with Crippen LogP contribution < -0.4 is 4.74 Å². The largest absolute Gasteiger partial charge is 0.573 e. The zero-order chi connectivity index (χ0) is 15.6. The van der Waals surface area contributed by atoms with Crippen LogP contribution >= 0.6 is 23.2 Å². The van der Waals surface area contributed by atoms with Gasteiger partial charge in [0.15, 0.2) is 5.78 Å². The molecule has 0 radical (unpaired) electrons. The third-order valence-electron chi connectivity index (χ3n) is 2.48. The van der Waals surface area contributed by atoms with E-state index < -0.39 is 17.9 Å². The van der Waals surface area contributed by atoms with E-state index in [0.29, 0.717) is 0 Å².